The van der Waals surface area contributed by atoms with Crippen molar-refractivity contribution in [1.29, 1.82) is 0 Å². The second-order valence-corrected chi connectivity index (χ2v) is 11.6. The van der Waals surface area contributed by atoms with Crippen LogP contribution in [-0.4, -0.2) is 25.9 Å². The van der Waals surface area contributed by atoms with Gasteiger partial charge in [-0.1, -0.05) is 36.8 Å². The van der Waals surface area contributed by atoms with Gasteiger partial charge in [-0.05, 0) is 119 Å². The number of ether oxygens (including phenoxy) is 2. The van der Waals surface area contributed by atoms with Crippen molar-refractivity contribution in [3.8, 4) is 5.75 Å². The van der Waals surface area contributed by atoms with E-state index in [9.17, 15) is 4.39 Å². The van der Waals surface area contributed by atoms with Gasteiger partial charge in [-0.2, -0.15) is 0 Å². The summed E-state index contributed by atoms with van der Waals surface area (Å²) in [6, 6.07) is 13.9. The van der Waals surface area contributed by atoms with E-state index in [-0.39, 0.29) is 12.4 Å². The van der Waals surface area contributed by atoms with Crippen molar-refractivity contribution in [2.45, 2.75) is 103 Å². The Morgan fingerprint density at radius 1 is 0.789 bits per heavy atom. The molecule has 2 saturated carbocycles. The average Bonchev–Trinajstić information content (AvgIpc) is 2.93. The first-order chi connectivity index (χ1) is 18.6. The third-order valence-corrected chi connectivity index (χ3v) is 8.43. The van der Waals surface area contributed by atoms with Crippen LogP contribution in [0, 0.1) is 24.6 Å². The summed E-state index contributed by atoms with van der Waals surface area (Å²) < 4.78 is 26.6. The molecule has 2 aromatic carbocycles. The summed E-state index contributed by atoms with van der Waals surface area (Å²) in [5.74, 6) is 2.79. The van der Waals surface area contributed by atoms with E-state index in [0.717, 1.165) is 55.4 Å². The number of hydrogen-bond acceptors (Lipinski definition) is 4. The van der Waals surface area contributed by atoms with E-state index >= 15 is 0 Å². The predicted molar refractivity (Wildman–Crippen MR) is 150 cm³/mol. The van der Waals surface area contributed by atoms with E-state index < -0.39 is 0 Å². The summed E-state index contributed by atoms with van der Waals surface area (Å²) in [5.41, 5.74) is 2.91. The van der Waals surface area contributed by atoms with Crippen molar-refractivity contribution in [2.75, 3.05) is 19.8 Å². The quantitative estimate of drug-likeness (QED) is 0.140. The molecule has 2 aromatic rings. The smallest absolute Gasteiger partial charge is 0.129 e. The normalized spacial score (nSPS) is 23.9. The maximum Gasteiger partial charge on any atom is 0.129 e. The summed E-state index contributed by atoms with van der Waals surface area (Å²) in [4.78, 5) is 10.6. The minimum Gasteiger partial charge on any atom is -0.494 e. The van der Waals surface area contributed by atoms with E-state index in [0.29, 0.717) is 30.8 Å². The molecule has 4 rings (SSSR count). The molecule has 2 aliphatic rings. The molecule has 0 saturated heterocycles. The molecule has 2 fully saturated rings. The van der Waals surface area contributed by atoms with Gasteiger partial charge in [0.1, 0.15) is 18.2 Å². The van der Waals surface area contributed by atoms with E-state index in [2.05, 4.69) is 32.0 Å². The van der Waals surface area contributed by atoms with Crippen molar-refractivity contribution in [3.05, 3.63) is 65.0 Å². The van der Waals surface area contributed by atoms with E-state index in [1.54, 1.807) is 6.07 Å². The Morgan fingerprint density at radius 3 is 2.29 bits per heavy atom. The summed E-state index contributed by atoms with van der Waals surface area (Å²) in [7, 11) is 0. The Balaban J connectivity index is 1.06. The molecular formula is C33H47FO4. The van der Waals surface area contributed by atoms with Gasteiger partial charge in [0.2, 0.25) is 0 Å². The minimum absolute atomic E-state index is 0.130. The van der Waals surface area contributed by atoms with Gasteiger partial charge in [0.25, 0.3) is 0 Å². The second-order valence-electron chi connectivity index (χ2n) is 11.6. The highest BCUT2D eigenvalue weighted by molar-refractivity contribution is 5.27. The van der Waals surface area contributed by atoms with E-state index in [4.69, 9.17) is 19.2 Å². The molecule has 0 atom stereocenters. The Labute approximate surface area is 229 Å². The Morgan fingerprint density at radius 2 is 1.55 bits per heavy atom. The lowest BCUT2D eigenvalue weighted by molar-refractivity contribution is -0.305. The lowest BCUT2D eigenvalue weighted by atomic mass is 9.77. The molecule has 0 bridgehead atoms. The standard InChI is InChI=1S/C33H47FO4/c1-25-6-16-31(17-7-25)35-20-3-5-27-10-12-28(13-11-27)29-14-15-30(33(34)23-29)24-38-37-22-4-21-36-32-18-8-26(2)9-19-32/h6-7,14-17,23,26-28,32H,3-5,8-13,18-22,24H2,1-2H3. The summed E-state index contributed by atoms with van der Waals surface area (Å²) >= 11 is 0. The van der Waals surface area contributed by atoms with E-state index in [1.165, 1.54) is 50.5 Å². The Bertz CT molecular complexity index is 931. The minimum atomic E-state index is -0.198. The maximum atomic E-state index is 14.7. The fourth-order valence-electron chi connectivity index (χ4n) is 5.84. The fraction of sp³-hybridized carbons (Fsp3) is 0.636. The average molecular weight is 527 g/mol. The highest BCUT2D eigenvalue weighted by atomic mass is 19.1. The van der Waals surface area contributed by atoms with Crippen LogP contribution in [0.3, 0.4) is 0 Å². The molecular weight excluding hydrogens is 479 g/mol. The van der Waals surface area contributed by atoms with Crippen LogP contribution in [0.4, 0.5) is 4.39 Å². The molecule has 2 aliphatic carbocycles. The third kappa shape index (κ3) is 9.66. The van der Waals surface area contributed by atoms with Gasteiger partial charge in [0, 0.05) is 12.2 Å². The molecule has 0 radical (unpaired) electrons. The van der Waals surface area contributed by atoms with Crippen LogP contribution in [0.25, 0.3) is 0 Å². The number of benzene rings is 2. The van der Waals surface area contributed by atoms with Gasteiger partial charge in [-0.25, -0.2) is 14.2 Å². The monoisotopic (exact) mass is 526 g/mol. The van der Waals surface area contributed by atoms with Crippen LogP contribution >= 0.6 is 0 Å². The molecule has 38 heavy (non-hydrogen) atoms. The molecule has 4 nitrogen and oxygen atoms in total. The highest BCUT2D eigenvalue weighted by Gasteiger charge is 2.23. The molecule has 0 N–H and O–H groups in total. The molecule has 210 valence electrons. The van der Waals surface area contributed by atoms with Gasteiger partial charge in [0.15, 0.2) is 0 Å². The van der Waals surface area contributed by atoms with Crippen LogP contribution in [0.1, 0.15) is 100 Å². The number of aryl methyl sites for hydroxylation is 1. The largest absolute Gasteiger partial charge is 0.494 e. The van der Waals surface area contributed by atoms with Crippen molar-refractivity contribution in [1.82, 2.24) is 0 Å². The van der Waals surface area contributed by atoms with Crippen LogP contribution in [0.2, 0.25) is 0 Å². The van der Waals surface area contributed by atoms with Gasteiger partial charge < -0.3 is 9.47 Å². The van der Waals surface area contributed by atoms with Crippen molar-refractivity contribution in [3.63, 3.8) is 0 Å². The second kappa shape index (κ2) is 15.6. The van der Waals surface area contributed by atoms with Crippen LogP contribution in [0.15, 0.2) is 42.5 Å². The Hall–Kier alpha value is -1.95. The fourth-order valence-corrected chi connectivity index (χ4v) is 5.84. The van der Waals surface area contributed by atoms with Crippen molar-refractivity contribution < 1.29 is 23.6 Å². The Kier molecular flexibility index (Phi) is 11.9. The topological polar surface area (TPSA) is 36.9 Å². The molecule has 0 unspecified atom stereocenters. The highest BCUT2D eigenvalue weighted by Crippen LogP contribution is 2.38. The predicted octanol–water partition coefficient (Wildman–Crippen LogP) is 8.70. The lowest BCUT2D eigenvalue weighted by Gasteiger charge is -2.29. The molecule has 0 aromatic heterocycles. The van der Waals surface area contributed by atoms with Crippen LogP contribution in [0.5, 0.6) is 5.75 Å². The number of hydrogen-bond donors (Lipinski definition) is 0. The summed E-state index contributed by atoms with van der Waals surface area (Å²) in [5, 5.41) is 0. The SMILES string of the molecule is Cc1ccc(OCCCC2CCC(c3ccc(COOCCCOC4CCC(C)CC4)c(F)c3)CC2)cc1. The zero-order chi connectivity index (χ0) is 26.6. The number of halogens is 1. The molecule has 0 spiro atoms. The summed E-state index contributed by atoms with van der Waals surface area (Å²) in [6.45, 7) is 6.46. The zero-order valence-corrected chi connectivity index (χ0v) is 23.5. The van der Waals surface area contributed by atoms with Gasteiger partial charge >= 0.3 is 0 Å². The number of rotatable bonds is 14. The van der Waals surface area contributed by atoms with E-state index in [1.807, 2.05) is 18.2 Å². The molecule has 0 heterocycles. The van der Waals surface area contributed by atoms with Gasteiger partial charge in [-0.3, -0.25) is 0 Å². The first kappa shape index (κ1) is 29.0. The van der Waals surface area contributed by atoms with Crippen molar-refractivity contribution >= 4 is 0 Å². The first-order valence-electron chi connectivity index (χ1n) is 14.9. The molecule has 0 aliphatic heterocycles. The van der Waals surface area contributed by atoms with Crippen LogP contribution in [-0.2, 0) is 21.1 Å². The zero-order valence-electron chi connectivity index (χ0n) is 23.5. The first-order valence-corrected chi connectivity index (χ1v) is 14.9. The maximum absolute atomic E-state index is 14.7. The van der Waals surface area contributed by atoms with Crippen LogP contribution < -0.4 is 4.74 Å². The lowest BCUT2D eigenvalue weighted by Crippen LogP contribution is -2.21. The third-order valence-electron chi connectivity index (χ3n) is 8.43. The van der Waals surface area contributed by atoms with Gasteiger partial charge in [0.05, 0.1) is 19.3 Å². The molecule has 5 heteroatoms. The van der Waals surface area contributed by atoms with Crippen molar-refractivity contribution in [2.24, 2.45) is 11.8 Å². The summed E-state index contributed by atoms with van der Waals surface area (Å²) in [6.07, 6.45) is 13.0. The molecule has 0 amide bonds. The van der Waals surface area contributed by atoms with Gasteiger partial charge in [-0.15, -0.1) is 0 Å².